The lowest BCUT2D eigenvalue weighted by Crippen LogP contribution is -2.33. The second-order valence-corrected chi connectivity index (χ2v) is 4.64. The number of halogens is 3. The lowest BCUT2D eigenvalue weighted by Gasteiger charge is -2.15. The van der Waals surface area contributed by atoms with Gasteiger partial charge in [-0.05, 0) is 29.6 Å². The molecule has 0 saturated heterocycles. The quantitative estimate of drug-likeness (QED) is 0.432. The molecule has 126 valence electrons. The number of benzene rings is 1. The molecule has 0 spiro atoms. The minimum atomic E-state index is -4.74. The lowest BCUT2D eigenvalue weighted by molar-refractivity contribution is -0.274. The zero-order valence-corrected chi connectivity index (χ0v) is 12.0. The van der Waals surface area contributed by atoms with Crippen molar-refractivity contribution in [2.75, 3.05) is 19.7 Å². The molecule has 7 nitrogen and oxygen atoms in total. The smallest absolute Gasteiger partial charge is 0.406 e. The highest BCUT2D eigenvalue weighted by molar-refractivity contribution is 5.78. The highest BCUT2D eigenvalue weighted by Gasteiger charge is 2.30. The first-order chi connectivity index (χ1) is 10.8. The van der Waals surface area contributed by atoms with Gasteiger partial charge in [0.1, 0.15) is 12.3 Å². The Morgan fingerprint density at radius 1 is 1.39 bits per heavy atom. The van der Waals surface area contributed by atoms with Crippen LogP contribution < -0.4 is 10.1 Å². The van der Waals surface area contributed by atoms with E-state index in [0.29, 0.717) is 12.0 Å². The molecule has 1 aromatic rings. The van der Waals surface area contributed by atoms with Gasteiger partial charge in [0.15, 0.2) is 0 Å². The van der Waals surface area contributed by atoms with Gasteiger partial charge in [0.2, 0.25) is 5.91 Å². The summed E-state index contributed by atoms with van der Waals surface area (Å²) in [6, 6.07) is 5.26. The number of nitrogens with zero attached hydrogens (tertiary/aromatic N) is 3. The summed E-state index contributed by atoms with van der Waals surface area (Å²) in [6.07, 6.45) is -4.39. The predicted molar refractivity (Wildman–Crippen MR) is 74.4 cm³/mol. The number of hydrogen-bond donors (Lipinski definition) is 2. The molecule has 1 aromatic carbocycles. The molecule has 0 aliphatic heterocycles. The maximum Gasteiger partial charge on any atom is 0.573 e. The average Bonchev–Trinajstić information content (AvgIpc) is 2.49. The molecule has 0 aromatic heterocycles. The summed E-state index contributed by atoms with van der Waals surface area (Å²) in [6.45, 7) is -0.405. The minimum absolute atomic E-state index is 0.150. The Balaban J connectivity index is 2.52. The number of hydrogen-bond acceptors (Lipinski definition) is 4. The van der Waals surface area contributed by atoms with Crippen LogP contribution in [0.5, 0.6) is 5.75 Å². The van der Waals surface area contributed by atoms with Gasteiger partial charge >= 0.3 is 6.36 Å². The van der Waals surface area contributed by atoms with E-state index in [4.69, 9.17) is 5.53 Å². The Hall–Kier alpha value is -2.45. The Morgan fingerprint density at radius 2 is 2.04 bits per heavy atom. The number of nitrogens with one attached hydrogen (secondary N) is 1. The third kappa shape index (κ3) is 7.93. The molecule has 1 amide bonds. The van der Waals surface area contributed by atoms with Crippen LogP contribution >= 0.6 is 0 Å². The van der Waals surface area contributed by atoms with Gasteiger partial charge < -0.3 is 15.2 Å². The van der Waals surface area contributed by atoms with E-state index in [0.717, 1.165) is 0 Å². The molecule has 10 heteroatoms. The maximum atomic E-state index is 12.0. The van der Waals surface area contributed by atoms with Crippen molar-refractivity contribution in [3.63, 3.8) is 0 Å². The lowest BCUT2D eigenvalue weighted by atomic mass is 10.00. The van der Waals surface area contributed by atoms with Crippen molar-refractivity contribution in [3.05, 3.63) is 40.3 Å². The maximum absolute atomic E-state index is 12.0. The van der Waals surface area contributed by atoms with Crippen LogP contribution in [0.2, 0.25) is 0 Å². The predicted octanol–water partition coefficient (Wildman–Crippen LogP) is 2.16. The molecule has 1 unspecified atom stereocenters. The molecule has 1 rings (SSSR count). The molecule has 0 fully saturated rings. The van der Waals surface area contributed by atoms with E-state index in [2.05, 4.69) is 20.1 Å². The first kappa shape index (κ1) is 18.6. The van der Waals surface area contributed by atoms with Crippen molar-refractivity contribution in [1.29, 1.82) is 0 Å². The number of rotatable bonds is 8. The summed E-state index contributed by atoms with van der Waals surface area (Å²) < 4.78 is 39.9. The van der Waals surface area contributed by atoms with E-state index in [1.165, 1.54) is 24.3 Å². The monoisotopic (exact) mass is 332 g/mol. The van der Waals surface area contributed by atoms with Crippen molar-refractivity contribution >= 4 is 5.91 Å². The second-order valence-electron chi connectivity index (χ2n) is 4.64. The number of alkyl halides is 3. The number of aliphatic hydroxyl groups is 1. The van der Waals surface area contributed by atoms with Gasteiger partial charge in [-0.2, -0.15) is 0 Å². The van der Waals surface area contributed by atoms with Crippen molar-refractivity contribution in [1.82, 2.24) is 5.32 Å². The number of aliphatic hydroxyl groups excluding tert-OH is 1. The van der Waals surface area contributed by atoms with Gasteiger partial charge in [-0.1, -0.05) is 17.2 Å². The number of carbonyl (C=O) groups is 1. The fourth-order valence-corrected chi connectivity index (χ4v) is 1.77. The van der Waals surface area contributed by atoms with Crippen molar-refractivity contribution < 1.29 is 27.8 Å². The molecular weight excluding hydrogens is 317 g/mol. The Kier molecular flexibility index (Phi) is 7.17. The SMILES string of the molecule is [N-]=[N+]=NCC(=O)NCC(CO)Cc1ccc(OC(F)(F)F)cc1. The molecular formula is C13H15F3N4O3. The number of amides is 1. The van der Waals surface area contributed by atoms with Crippen LogP contribution in [0.4, 0.5) is 13.2 Å². The Labute approximate surface area is 129 Å². The minimum Gasteiger partial charge on any atom is -0.406 e. The van der Waals surface area contributed by atoms with Crippen LogP contribution in [0.3, 0.4) is 0 Å². The standard InChI is InChI=1S/C13H15F3N4O3/c14-13(15,16)23-11-3-1-9(2-4-11)5-10(8-21)6-18-12(22)7-19-20-17/h1-4,10,21H,5-8H2,(H,18,22). The van der Waals surface area contributed by atoms with Crippen molar-refractivity contribution in [3.8, 4) is 5.75 Å². The summed E-state index contributed by atoms with van der Waals surface area (Å²) in [5, 5.41) is 14.9. The normalized spacial score (nSPS) is 12.2. The second kappa shape index (κ2) is 8.86. The number of carbonyl (C=O) groups excluding carboxylic acids is 1. The first-order valence-corrected chi connectivity index (χ1v) is 6.57. The topological polar surface area (TPSA) is 107 Å². The third-order valence-electron chi connectivity index (χ3n) is 2.80. The van der Waals surface area contributed by atoms with Gasteiger partial charge in [-0.3, -0.25) is 4.79 Å². The zero-order chi connectivity index (χ0) is 17.3. The molecule has 23 heavy (non-hydrogen) atoms. The first-order valence-electron chi connectivity index (χ1n) is 6.57. The Morgan fingerprint density at radius 3 is 2.57 bits per heavy atom. The van der Waals surface area contributed by atoms with E-state index in [1.807, 2.05) is 0 Å². The fourth-order valence-electron chi connectivity index (χ4n) is 1.77. The molecule has 0 radical (unpaired) electrons. The fraction of sp³-hybridized carbons (Fsp3) is 0.462. The number of ether oxygens (including phenoxy) is 1. The molecule has 0 aliphatic carbocycles. The van der Waals surface area contributed by atoms with Gasteiger partial charge in [0.05, 0.1) is 0 Å². The van der Waals surface area contributed by atoms with Crippen molar-refractivity contribution in [2.24, 2.45) is 11.0 Å². The van der Waals surface area contributed by atoms with Crippen LogP contribution in [-0.4, -0.2) is 37.1 Å². The molecule has 0 aliphatic rings. The number of azide groups is 1. The van der Waals surface area contributed by atoms with Crippen LogP contribution in [0.25, 0.3) is 10.4 Å². The summed E-state index contributed by atoms with van der Waals surface area (Å²) in [5.74, 6) is -1.13. The van der Waals surface area contributed by atoms with Crippen LogP contribution in [-0.2, 0) is 11.2 Å². The molecule has 1 atom stereocenters. The van der Waals surface area contributed by atoms with Gasteiger partial charge in [0.25, 0.3) is 0 Å². The van der Waals surface area contributed by atoms with Crippen LogP contribution in [0, 0.1) is 5.92 Å². The molecule has 0 heterocycles. The van der Waals surface area contributed by atoms with E-state index in [9.17, 15) is 23.1 Å². The molecule has 0 saturated carbocycles. The highest BCUT2D eigenvalue weighted by atomic mass is 19.4. The zero-order valence-electron chi connectivity index (χ0n) is 12.0. The van der Waals surface area contributed by atoms with E-state index in [-0.39, 0.29) is 31.4 Å². The van der Waals surface area contributed by atoms with Gasteiger partial charge in [-0.25, -0.2) is 0 Å². The Bertz CT molecular complexity index is 557. The van der Waals surface area contributed by atoms with Crippen LogP contribution in [0.15, 0.2) is 29.4 Å². The van der Waals surface area contributed by atoms with Gasteiger partial charge in [0, 0.05) is 24.0 Å². The van der Waals surface area contributed by atoms with Crippen LogP contribution in [0.1, 0.15) is 5.56 Å². The summed E-state index contributed by atoms with van der Waals surface area (Å²) in [5.41, 5.74) is 8.77. The van der Waals surface area contributed by atoms with E-state index >= 15 is 0 Å². The van der Waals surface area contributed by atoms with Gasteiger partial charge in [-0.15, -0.1) is 13.2 Å². The summed E-state index contributed by atoms with van der Waals surface area (Å²) in [4.78, 5) is 13.7. The van der Waals surface area contributed by atoms with E-state index < -0.39 is 12.3 Å². The summed E-state index contributed by atoms with van der Waals surface area (Å²) in [7, 11) is 0. The molecule has 2 N–H and O–H groups in total. The molecule has 0 bridgehead atoms. The third-order valence-corrected chi connectivity index (χ3v) is 2.80. The average molecular weight is 332 g/mol. The summed E-state index contributed by atoms with van der Waals surface area (Å²) >= 11 is 0. The largest absolute Gasteiger partial charge is 0.573 e. The van der Waals surface area contributed by atoms with E-state index in [1.54, 1.807) is 0 Å². The van der Waals surface area contributed by atoms with Crippen molar-refractivity contribution in [2.45, 2.75) is 12.8 Å². The highest BCUT2D eigenvalue weighted by Crippen LogP contribution is 2.23.